The predicted octanol–water partition coefficient (Wildman–Crippen LogP) is 19.0. The van der Waals surface area contributed by atoms with E-state index in [0.29, 0.717) is 0 Å². The van der Waals surface area contributed by atoms with E-state index in [9.17, 15) is 0 Å². The van der Waals surface area contributed by atoms with Gasteiger partial charge >= 0.3 is 0 Å². The van der Waals surface area contributed by atoms with Crippen LogP contribution in [0.3, 0.4) is 0 Å². The van der Waals surface area contributed by atoms with Crippen LogP contribution in [-0.2, 0) is 5.41 Å². The molecule has 0 saturated carbocycles. The van der Waals surface area contributed by atoms with Crippen LogP contribution in [0.25, 0.3) is 81.7 Å². The number of nitrogens with zero attached hydrogens (tertiary/aromatic N) is 3. The van der Waals surface area contributed by atoms with Gasteiger partial charge in [0.25, 0.3) is 0 Å². The van der Waals surface area contributed by atoms with Crippen molar-refractivity contribution < 1.29 is 0 Å². The van der Waals surface area contributed by atoms with Gasteiger partial charge in [0, 0.05) is 44.3 Å². The maximum Gasteiger partial charge on any atom is 0.0756 e. The Morgan fingerprint density at radius 2 is 0.703 bits per heavy atom. The van der Waals surface area contributed by atoms with Crippen molar-refractivity contribution in [1.29, 1.82) is 0 Å². The largest absolute Gasteiger partial charge is 0.310 e. The first-order valence-electron chi connectivity index (χ1n) is 25.7. The number of fused-ring (bicyclic) bond motifs is 18. The van der Waals surface area contributed by atoms with Crippen molar-refractivity contribution in [3.05, 3.63) is 295 Å². The molecule has 2 heterocycles. The van der Waals surface area contributed by atoms with Gasteiger partial charge in [0.1, 0.15) is 0 Å². The quantitative estimate of drug-likeness (QED) is 0.165. The number of aromatic nitrogens is 1. The van der Waals surface area contributed by atoms with Crippen LogP contribution in [0.4, 0.5) is 34.1 Å². The summed E-state index contributed by atoms with van der Waals surface area (Å²) in [5, 5.41) is 12.2. The van der Waals surface area contributed by atoms with Crippen LogP contribution in [0.15, 0.2) is 273 Å². The standard InChI is InChI=1S/C71H45N3/c1-3-24-50(25-4-1)72(52-40-38-46-20-7-9-22-48(46)42-52)66-44-62-68(57-31-13-11-28-54(57)66)69-58-32-14-12-29-55(58)67(73(51-26-5-2-6-27-51)53-41-39-47-21-8-10-23-49(47)43-53)45-63(69)71(62)60-34-16-18-37-65(60)74-64-36-17-15-30-56(64)59-33-19-35-61(71)70(59)74/h1-45H. The van der Waals surface area contributed by atoms with Crippen LogP contribution in [0.5, 0.6) is 0 Å². The van der Waals surface area contributed by atoms with Gasteiger partial charge < -0.3 is 14.4 Å². The lowest BCUT2D eigenvalue weighted by Gasteiger charge is -2.40. The fourth-order valence-electron chi connectivity index (χ4n) is 13.3. The van der Waals surface area contributed by atoms with Crippen molar-refractivity contribution in [3.63, 3.8) is 0 Å². The monoisotopic (exact) mass is 939 g/mol. The maximum absolute atomic E-state index is 2.58. The van der Waals surface area contributed by atoms with Gasteiger partial charge in [0.2, 0.25) is 0 Å². The number of anilines is 6. The molecule has 0 bridgehead atoms. The van der Waals surface area contributed by atoms with Gasteiger partial charge in [0.05, 0.1) is 33.5 Å². The van der Waals surface area contributed by atoms with Gasteiger partial charge in [-0.3, -0.25) is 0 Å². The lowest BCUT2D eigenvalue weighted by molar-refractivity contribution is 0.749. The predicted molar refractivity (Wildman–Crippen MR) is 311 cm³/mol. The third-order valence-electron chi connectivity index (χ3n) is 16.2. The van der Waals surface area contributed by atoms with Gasteiger partial charge in [-0.1, -0.05) is 200 Å². The van der Waals surface area contributed by atoms with E-state index in [1.807, 2.05) is 0 Å². The van der Waals surface area contributed by atoms with Crippen LogP contribution in [0.2, 0.25) is 0 Å². The van der Waals surface area contributed by atoms with Crippen LogP contribution < -0.4 is 9.80 Å². The average Bonchev–Trinajstić information content (AvgIpc) is 3.96. The first kappa shape index (κ1) is 41.0. The molecule has 74 heavy (non-hydrogen) atoms. The smallest absolute Gasteiger partial charge is 0.0756 e. The Balaban J connectivity index is 1.10. The van der Waals surface area contributed by atoms with Crippen molar-refractivity contribution in [2.45, 2.75) is 5.41 Å². The minimum atomic E-state index is -0.778. The molecule has 1 aliphatic carbocycles. The molecule has 16 rings (SSSR count). The molecule has 3 heteroatoms. The van der Waals surface area contributed by atoms with E-state index < -0.39 is 5.41 Å². The maximum atomic E-state index is 2.58. The SMILES string of the molecule is c1ccc(N(c2ccc3ccccc3c2)c2cc3c(c4ccccc24)-c2c(cc(N(c4ccccc4)c4ccc5ccccc5c4)c4ccccc24)C32c3ccccc3-n3c4ccccc4c4cccc2c43)cc1. The molecule has 1 aliphatic heterocycles. The summed E-state index contributed by atoms with van der Waals surface area (Å²) in [5.74, 6) is 0. The van der Waals surface area contributed by atoms with E-state index >= 15 is 0 Å². The molecule has 13 aromatic carbocycles. The molecule has 344 valence electrons. The Bertz CT molecular complexity index is 4410. The van der Waals surface area contributed by atoms with Crippen LogP contribution >= 0.6 is 0 Å². The van der Waals surface area contributed by atoms with E-state index in [1.54, 1.807) is 0 Å². The zero-order valence-electron chi connectivity index (χ0n) is 40.3. The first-order chi connectivity index (χ1) is 36.7. The van der Waals surface area contributed by atoms with Gasteiger partial charge in [-0.25, -0.2) is 0 Å². The number of hydrogen-bond acceptors (Lipinski definition) is 2. The Morgan fingerprint density at radius 1 is 0.270 bits per heavy atom. The number of rotatable bonds is 6. The first-order valence-corrected chi connectivity index (χ1v) is 25.7. The van der Waals surface area contributed by atoms with E-state index in [4.69, 9.17) is 0 Å². The highest BCUT2D eigenvalue weighted by molar-refractivity contribution is 6.20. The molecule has 3 nitrogen and oxygen atoms in total. The highest BCUT2D eigenvalue weighted by atomic mass is 15.2. The highest BCUT2D eigenvalue weighted by Gasteiger charge is 2.53. The van der Waals surface area contributed by atoms with E-state index in [1.165, 1.54) is 104 Å². The van der Waals surface area contributed by atoms with Gasteiger partial charge in [0.15, 0.2) is 0 Å². The van der Waals surface area contributed by atoms with E-state index in [-0.39, 0.29) is 0 Å². The van der Waals surface area contributed by atoms with Crippen LogP contribution in [0.1, 0.15) is 22.3 Å². The molecule has 0 N–H and O–H groups in total. The molecule has 0 saturated heterocycles. The minimum Gasteiger partial charge on any atom is -0.310 e. The van der Waals surface area contributed by atoms with Gasteiger partial charge in [-0.2, -0.15) is 0 Å². The summed E-state index contributed by atoms with van der Waals surface area (Å²) in [6, 6.07) is 102. The second-order valence-electron chi connectivity index (χ2n) is 20.0. The number of hydrogen-bond donors (Lipinski definition) is 0. The van der Waals surface area contributed by atoms with E-state index in [0.717, 1.165) is 34.1 Å². The van der Waals surface area contributed by atoms with Crippen LogP contribution in [0, 0.1) is 0 Å². The topological polar surface area (TPSA) is 11.4 Å². The molecule has 0 unspecified atom stereocenters. The molecule has 0 fully saturated rings. The molecular formula is C71H45N3. The number of benzene rings is 13. The van der Waals surface area contributed by atoms with Crippen molar-refractivity contribution in [2.75, 3.05) is 9.80 Å². The Hall–Kier alpha value is -9.70. The third kappa shape index (κ3) is 5.61. The van der Waals surface area contributed by atoms with Crippen molar-refractivity contribution in [1.82, 2.24) is 4.57 Å². The molecule has 1 spiro atoms. The van der Waals surface area contributed by atoms with Gasteiger partial charge in [-0.15, -0.1) is 0 Å². The Labute approximate surface area is 428 Å². The fourth-order valence-corrected chi connectivity index (χ4v) is 13.3. The summed E-state index contributed by atoms with van der Waals surface area (Å²) in [6.45, 7) is 0. The second-order valence-corrected chi connectivity index (χ2v) is 20.0. The fraction of sp³-hybridized carbons (Fsp3) is 0.0141. The lowest BCUT2D eigenvalue weighted by atomic mass is 9.65. The molecule has 1 aromatic heterocycles. The molecule has 0 atom stereocenters. The zero-order valence-corrected chi connectivity index (χ0v) is 40.3. The third-order valence-corrected chi connectivity index (χ3v) is 16.2. The summed E-state index contributed by atoms with van der Waals surface area (Å²) in [7, 11) is 0. The summed E-state index contributed by atoms with van der Waals surface area (Å²) < 4.78 is 2.55. The zero-order chi connectivity index (χ0) is 48.5. The Morgan fingerprint density at radius 3 is 1.27 bits per heavy atom. The summed E-state index contributed by atoms with van der Waals surface area (Å²) in [5.41, 5.74) is 17.2. The Kier molecular flexibility index (Phi) is 8.66. The molecule has 0 radical (unpaired) electrons. The summed E-state index contributed by atoms with van der Waals surface area (Å²) in [4.78, 5) is 5.00. The van der Waals surface area contributed by atoms with Crippen molar-refractivity contribution in [2.24, 2.45) is 0 Å². The second kappa shape index (κ2) is 15.6. The van der Waals surface area contributed by atoms with Crippen molar-refractivity contribution in [3.8, 4) is 16.8 Å². The van der Waals surface area contributed by atoms with Crippen molar-refractivity contribution >= 4 is 99.0 Å². The normalized spacial score (nSPS) is 13.0. The average molecular weight is 940 g/mol. The van der Waals surface area contributed by atoms with Crippen LogP contribution in [-0.4, -0.2) is 4.57 Å². The molecule has 2 aliphatic rings. The molecular weight excluding hydrogens is 895 g/mol. The lowest BCUT2D eigenvalue weighted by Crippen LogP contribution is -2.34. The molecule has 14 aromatic rings. The van der Waals surface area contributed by atoms with Gasteiger partial charge in [-0.05, 0) is 138 Å². The minimum absolute atomic E-state index is 0.778. The summed E-state index contributed by atoms with van der Waals surface area (Å²) in [6.07, 6.45) is 0. The highest BCUT2D eigenvalue weighted by Crippen LogP contribution is 2.66. The summed E-state index contributed by atoms with van der Waals surface area (Å²) >= 11 is 0. The molecule has 0 amide bonds. The van der Waals surface area contributed by atoms with E-state index in [2.05, 4.69) is 287 Å². The number of para-hydroxylation sites is 5.